The van der Waals surface area contributed by atoms with E-state index in [-0.39, 0.29) is 5.91 Å². The molecule has 3 nitrogen and oxygen atoms in total. The first-order valence-corrected chi connectivity index (χ1v) is 6.38. The Morgan fingerprint density at radius 1 is 1.11 bits per heavy atom. The molecule has 0 bridgehead atoms. The minimum absolute atomic E-state index is 0.129. The second kappa shape index (κ2) is 5.83. The molecule has 2 rings (SSSR count). The summed E-state index contributed by atoms with van der Waals surface area (Å²) in [5, 5.41) is 0. The Balaban J connectivity index is 2.02. The third kappa shape index (κ3) is 3.20. The second-order valence-corrected chi connectivity index (χ2v) is 4.82. The Morgan fingerprint density at radius 3 is 2.33 bits per heavy atom. The van der Waals surface area contributed by atoms with E-state index in [9.17, 15) is 4.79 Å². The van der Waals surface area contributed by atoms with Gasteiger partial charge in [-0.1, -0.05) is 30.3 Å². The molecule has 0 atom stereocenters. The van der Waals surface area contributed by atoms with Crippen molar-refractivity contribution in [3.05, 3.63) is 42.0 Å². The summed E-state index contributed by atoms with van der Waals surface area (Å²) in [6, 6.07) is 10.0. The maximum absolute atomic E-state index is 12.1. The molecule has 0 saturated carbocycles. The monoisotopic (exact) mass is 244 g/mol. The van der Waals surface area contributed by atoms with Gasteiger partial charge in [-0.3, -0.25) is 4.79 Å². The molecular formula is C15H20N2O. The first-order chi connectivity index (χ1) is 8.66. The van der Waals surface area contributed by atoms with Crippen LogP contribution in [0.25, 0.3) is 5.57 Å². The van der Waals surface area contributed by atoms with Crippen LogP contribution in [0.4, 0.5) is 0 Å². The smallest absolute Gasteiger partial charge is 0.246 e. The fraction of sp³-hybridized carbons (Fsp3) is 0.400. The van der Waals surface area contributed by atoms with Crippen molar-refractivity contribution in [3.63, 3.8) is 0 Å². The molecule has 0 unspecified atom stereocenters. The first kappa shape index (κ1) is 12.8. The minimum atomic E-state index is 0.129. The predicted molar refractivity (Wildman–Crippen MR) is 74.2 cm³/mol. The number of carbonyl (C=O) groups is 1. The fourth-order valence-corrected chi connectivity index (χ4v) is 2.09. The van der Waals surface area contributed by atoms with Crippen molar-refractivity contribution < 1.29 is 4.79 Å². The number of piperazine rings is 1. The van der Waals surface area contributed by atoms with Gasteiger partial charge in [0.1, 0.15) is 0 Å². The number of amides is 1. The fourth-order valence-electron chi connectivity index (χ4n) is 2.09. The molecule has 1 aromatic carbocycles. The largest absolute Gasteiger partial charge is 0.337 e. The summed E-state index contributed by atoms with van der Waals surface area (Å²) in [7, 11) is 2.09. The van der Waals surface area contributed by atoms with Crippen LogP contribution in [0.15, 0.2) is 36.4 Å². The molecule has 1 aliphatic rings. The quantitative estimate of drug-likeness (QED) is 0.741. The van der Waals surface area contributed by atoms with Crippen LogP contribution in [0.1, 0.15) is 12.5 Å². The summed E-state index contributed by atoms with van der Waals surface area (Å²) in [5.41, 5.74) is 2.14. The number of hydrogen-bond acceptors (Lipinski definition) is 2. The zero-order valence-corrected chi connectivity index (χ0v) is 11.1. The zero-order chi connectivity index (χ0) is 13.0. The average molecular weight is 244 g/mol. The van der Waals surface area contributed by atoms with Gasteiger partial charge in [-0.15, -0.1) is 0 Å². The Morgan fingerprint density at radius 2 is 1.72 bits per heavy atom. The molecule has 1 aliphatic heterocycles. The highest BCUT2D eigenvalue weighted by Gasteiger charge is 2.17. The molecule has 1 heterocycles. The third-order valence-corrected chi connectivity index (χ3v) is 3.38. The van der Waals surface area contributed by atoms with Crippen LogP contribution in [0, 0.1) is 0 Å². The highest BCUT2D eigenvalue weighted by molar-refractivity contribution is 5.94. The summed E-state index contributed by atoms with van der Waals surface area (Å²) in [6.45, 7) is 5.57. The molecule has 0 N–H and O–H groups in total. The number of rotatable bonds is 2. The van der Waals surface area contributed by atoms with E-state index in [4.69, 9.17) is 0 Å². The van der Waals surface area contributed by atoms with Crippen LogP contribution in [0.2, 0.25) is 0 Å². The van der Waals surface area contributed by atoms with Crippen LogP contribution in [0.3, 0.4) is 0 Å². The molecule has 96 valence electrons. The van der Waals surface area contributed by atoms with Gasteiger partial charge in [0, 0.05) is 32.3 Å². The lowest BCUT2D eigenvalue weighted by molar-refractivity contribution is -0.127. The van der Waals surface area contributed by atoms with Crippen LogP contribution < -0.4 is 0 Å². The number of hydrogen-bond donors (Lipinski definition) is 0. The van der Waals surface area contributed by atoms with Crippen LogP contribution in [0.5, 0.6) is 0 Å². The third-order valence-electron chi connectivity index (χ3n) is 3.38. The highest BCUT2D eigenvalue weighted by Crippen LogP contribution is 2.13. The van der Waals surface area contributed by atoms with Crippen molar-refractivity contribution >= 4 is 11.5 Å². The van der Waals surface area contributed by atoms with E-state index in [1.165, 1.54) is 0 Å². The van der Waals surface area contributed by atoms with Gasteiger partial charge in [0.2, 0.25) is 5.91 Å². The predicted octanol–water partition coefficient (Wildman–Crippen LogP) is 1.86. The maximum atomic E-state index is 12.1. The van der Waals surface area contributed by atoms with Crippen molar-refractivity contribution in [2.75, 3.05) is 33.2 Å². The molecule has 1 amide bonds. The van der Waals surface area contributed by atoms with Crippen molar-refractivity contribution in [1.29, 1.82) is 0 Å². The van der Waals surface area contributed by atoms with Gasteiger partial charge in [-0.25, -0.2) is 0 Å². The van der Waals surface area contributed by atoms with Crippen molar-refractivity contribution in [2.45, 2.75) is 6.92 Å². The standard InChI is InChI=1S/C15H20N2O/c1-13(14-6-4-3-5-7-14)12-15(18)17-10-8-16(2)9-11-17/h3-7,12H,8-11H2,1-2H3/b13-12+. The molecule has 18 heavy (non-hydrogen) atoms. The molecule has 0 aliphatic carbocycles. The SMILES string of the molecule is C/C(=C\C(=O)N1CCN(C)CC1)c1ccccc1. The Hall–Kier alpha value is -1.61. The Bertz CT molecular complexity index is 431. The molecule has 1 fully saturated rings. The van der Waals surface area contributed by atoms with E-state index in [1.807, 2.05) is 42.2 Å². The molecule has 1 saturated heterocycles. The normalized spacial score (nSPS) is 17.9. The molecule has 0 spiro atoms. The van der Waals surface area contributed by atoms with Gasteiger partial charge in [0.25, 0.3) is 0 Å². The molecular weight excluding hydrogens is 224 g/mol. The van der Waals surface area contributed by atoms with Gasteiger partial charge in [-0.05, 0) is 25.1 Å². The van der Waals surface area contributed by atoms with E-state index in [0.29, 0.717) is 0 Å². The van der Waals surface area contributed by atoms with Gasteiger partial charge in [0.15, 0.2) is 0 Å². The van der Waals surface area contributed by atoms with E-state index in [0.717, 1.165) is 37.3 Å². The van der Waals surface area contributed by atoms with E-state index in [2.05, 4.69) is 11.9 Å². The van der Waals surface area contributed by atoms with Crippen LogP contribution in [-0.2, 0) is 4.79 Å². The van der Waals surface area contributed by atoms with Crippen LogP contribution in [-0.4, -0.2) is 48.9 Å². The van der Waals surface area contributed by atoms with Crippen molar-refractivity contribution in [1.82, 2.24) is 9.80 Å². The van der Waals surface area contributed by atoms with E-state index in [1.54, 1.807) is 6.08 Å². The number of allylic oxidation sites excluding steroid dienone is 1. The van der Waals surface area contributed by atoms with Gasteiger partial charge >= 0.3 is 0 Å². The lowest BCUT2D eigenvalue weighted by Crippen LogP contribution is -2.46. The number of benzene rings is 1. The zero-order valence-electron chi connectivity index (χ0n) is 11.1. The van der Waals surface area contributed by atoms with E-state index >= 15 is 0 Å². The summed E-state index contributed by atoms with van der Waals surface area (Å²) in [4.78, 5) is 16.3. The number of nitrogens with zero attached hydrogens (tertiary/aromatic N) is 2. The first-order valence-electron chi connectivity index (χ1n) is 6.38. The van der Waals surface area contributed by atoms with Crippen molar-refractivity contribution in [2.24, 2.45) is 0 Å². The average Bonchev–Trinajstić information content (AvgIpc) is 2.40. The molecule has 1 aromatic rings. The molecule has 0 aromatic heterocycles. The Labute approximate surface area is 109 Å². The second-order valence-electron chi connectivity index (χ2n) is 4.82. The lowest BCUT2D eigenvalue weighted by Gasteiger charge is -2.31. The number of carbonyl (C=O) groups excluding carboxylic acids is 1. The minimum Gasteiger partial charge on any atom is -0.337 e. The van der Waals surface area contributed by atoms with Gasteiger partial charge < -0.3 is 9.80 Å². The number of likely N-dealkylation sites (N-methyl/N-ethyl adjacent to an activating group) is 1. The highest BCUT2D eigenvalue weighted by atomic mass is 16.2. The lowest BCUT2D eigenvalue weighted by atomic mass is 10.1. The van der Waals surface area contributed by atoms with Crippen molar-refractivity contribution in [3.8, 4) is 0 Å². The summed E-state index contributed by atoms with van der Waals surface area (Å²) < 4.78 is 0. The summed E-state index contributed by atoms with van der Waals surface area (Å²) in [5.74, 6) is 0.129. The Kier molecular flexibility index (Phi) is 4.15. The summed E-state index contributed by atoms with van der Waals surface area (Å²) in [6.07, 6.45) is 1.75. The van der Waals surface area contributed by atoms with Gasteiger partial charge in [0.05, 0.1) is 0 Å². The van der Waals surface area contributed by atoms with Crippen LogP contribution >= 0.6 is 0 Å². The molecule has 3 heteroatoms. The summed E-state index contributed by atoms with van der Waals surface area (Å²) >= 11 is 0. The maximum Gasteiger partial charge on any atom is 0.246 e. The molecule has 0 radical (unpaired) electrons. The van der Waals surface area contributed by atoms with Gasteiger partial charge in [-0.2, -0.15) is 0 Å². The van der Waals surface area contributed by atoms with E-state index < -0.39 is 0 Å². The topological polar surface area (TPSA) is 23.6 Å².